The monoisotopic (exact) mass is 280 g/mol. The van der Waals surface area contributed by atoms with E-state index in [1.165, 1.54) is 10.4 Å². The summed E-state index contributed by atoms with van der Waals surface area (Å²) in [4.78, 5) is 5.81. The van der Waals surface area contributed by atoms with E-state index >= 15 is 0 Å². The zero-order valence-electron chi connectivity index (χ0n) is 10.7. The van der Waals surface area contributed by atoms with Crippen LogP contribution in [-0.4, -0.2) is 10.9 Å². The maximum Gasteiger partial charge on any atom is 0.112 e. The molecular formula is C14H17ClN2S. The highest BCUT2D eigenvalue weighted by Crippen LogP contribution is 2.18. The van der Waals surface area contributed by atoms with Gasteiger partial charge in [0.2, 0.25) is 0 Å². The minimum atomic E-state index is 0.671. The molecule has 1 aromatic carbocycles. The molecule has 2 aromatic rings. The molecule has 1 N–H and O–H groups in total. The lowest BCUT2D eigenvalue weighted by Gasteiger charge is -2.05. The molecule has 4 heteroatoms. The van der Waals surface area contributed by atoms with E-state index in [0.717, 1.165) is 29.4 Å². The Labute approximate surface area is 117 Å². The van der Waals surface area contributed by atoms with E-state index in [2.05, 4.69) is 48.4 Å². The lowest BCUT2D eigenvalue weighted by molar-refractivity contribution is 1.07. The Morgan fingerprint density at radius 2 is 1.94 bits per heavy atom. The summed E-state index contributed by atoms with van der Waals surface area (Å²) in [7, 11) is 0. The zero-order valence-corrected chi connectivity index (χ0v) is 12.2. The number of thiazole rings is 1. The molecule has 18 heavy (non-hydrogen) atoms. The molecular weight excluding hydrogens is 264 g/mol. The molecule has 0 saturated carbocycles. The number of hydrogen-bond acceptors (Lipinski definition) is 3. The van der Waals surface area contributed by atoms with Gasteiger partial charge in [-0.3, -0.25) is 0 Å². The lowest BCUT2D eigenvalue weighted by atomic mass is 10.1. The second kappa shape index (κ2) is 6.21. The topological polar surface area (TPSA) is 24.9 Å². The van der Waals surface area contributed by atoms with E-state index < -0.39 is 0 Å². The van der Waals surface area contributed by atoms with Crippen molar-refractivity contribution in [3.8, 4) is 0 Å². The zero-order chi connectivity index (χ0) is 13.0. The molecule has 1 aromatic heterocycles. The van der Waals surface area contributed by atoms with Gasteiger partial charge in [-0.05, 0) is 38.0 Å². The molecule has 0 aliphatic heterocycles. The van der Waals surface area contributed by atoms with Gasteiger partial charge < -0.3 is 5.32 Å². The van der Waals surface area contributed by atoms with Crippen molar-refractivity contribution in [1.82, 2.24) is 4.98 Å². The van der Waals surface area contributed by atoms with Crippen molar-refractivity contribution in [2.45, 2.75) is 26.8 Å². The van der Waals surface area contributed by atoms with Crippen molar-refractivity contribution in [3.05, 3.63) is 45.4 Å². The van der Waals surface area contributed by atoms with Crippen LogP contribution < -0.4 is 5.32 Å². The Morgan fingerprint density at radius 1 is 1.22 bits per heavy atom. The number of benzene rings is 1. The number of aromatic nitrogens is 1. The summed E-state index contributed by atoms with van der Waals surface area (Å²) in [5, 5.41) is 4.52. The molecule has 96 valence electrons. The molecule has 0 fully saturated rings. The van der Waals surface area contributed by atoms with Crippen molar-refractivity contribution in [2.75, 3.05) is 11.2 Å². The maximum atomic E-state index is 5.71. The van der Waals surface area contributed by atoms with E-state index in [4.69, 9.17) is 11.6 Å². The SMILES string of the molecule is Cc1nc(CNc2ccc(CCCl)cc2)sc1C. The fourth-order valence-corrected chi connectivity index (χ4v) is 2.78. The first-order valence-electron chi connectivity index (χ1n) is 6.00. The number of rotatable bonds is 5. The second-order valence-electron chi connectivity index (χ2n) is 4.24. The first-order chi connectivity index (χ1) is 8.69. The van der Waals surface area contributed by atoms with Crippen LogP contribution in [0.1, 0.15) is 21.1 Å². The molecule has 1 heterocycles. The quantitative estimate of drug-likeness (QED) is 0.832. The predicted molar refractivity (Wildman–Crippen MR) is 79.8 cm³/mol. The van der Waals surface area contributed by atoms with Crippen LogP contribution in [0.2, 0.25) is 0 Å². The Hall–Kier alpha value is -1.06. The Bertz CT molecular complexity index is 486. The van der Waals surface area contributed by atoms with Gasteiger partial charge >= 0.3 is 0 Å². The molecule has 0 spiro atoms. The molecule has 0 aliphatic carbocycles. The highest BCUT2D eigenvalue weighted by Gasteiger charge is 2.03. The summed E-state index contributed by atoms with van der Waals surface area (Å²) in [6, 6.07) is 8.41. The maximum absolute atomic E-state index is 5.71. The third-order valence-corrected chi connectivity index (χ3v) is 4.12. The van der Waals surface area contributed by atoms with Crippen LogP contribution in [0.15, 0.2) is 24.3 Å². The standard InChI is InChI=1S/C14H17ClN2S/c1-10-11(2)18-14(17-10)9-16-13-5-3-12(4-6-13)7-8-15/h3-6,16H,7-9H2,1-2H3. The fourth-order valence-electron chi connectivity index (χ4n) is 1.69. The summed E-state index contributed by atoms with van der Waals surface area (Å²) in [6.45, 7) is 4.95. The summed E-state index contributed by atoms with van der Waals surface area (Å²) >= 11 is 7.47. The largest absolute Gasteiger partial charge is 0.379 e. The van der Waals surface area contributed by atoms with Crippen molar-refractivity contribution in [1.29, 1.82) is 0 Å². The smallest absolute Gasteiger partial charge is 0.112 e. The Morgan fingerprint density at radius 3 is 2.50 bits per heavy atom. The van der Waals surface area contributed by atoms with Crippen LogP contribution >= 0.6 is 22.9 Å². The van der Waals surface area contributed by atoms with Crippen molar-refractivity contribution in [3.63, 3.8) is 0 Å². The number of anilines is 1. The third-order valence-electron chi connectivity index (χ3n) is 2.85. The predicted octanol–water partition coefficient (Wildman–Crippen LogP) is 4.15. The Kier molecular flexibility index (Phi) is 4.61. The molecule has 2 rings (SSSR count). The first kappa shape index (κ1) is 13.4. The van der Waals surface area contributed by atoms with E-state index in [1.807, 2.05) is 0 Å². The number of halogens is 1. The molecule has 0 radical (unpaired) electrons. The Balaban J connectivity index is 1.93. The molecule has 0 amide bonds. The number of nitrogens with zero attached hydrogens (tertiary/aromatic N) is 1. The highest BCUT2D eigenvalue weighted by atomic mass is 35.5. The van der Waals surface area contributed by atoms with Gasteiger partial charge in [0.15, 0.2) is 0 Å². The number of hydrogen-bond donors (Lipinski definition) is 1. The van der Waals surface area contributed by atoms with Crippen LogP contribution in [0.3, 0.4) is 0 Å². The van der Waals surface area contributed by atoms with E-state index in [1.54, 1.807) is 11.3 Å². The first-order valence-corrected chi connectivity index (χ1v) is 7.36. The van der Waals surface area contributed by atoms with Gasteiger partial charge in [-0.1, -0.05) is 12.1 Å². The van der Waals surface area contributed by atoms with Crippen LogP contribution in [0.4, 0.5) is 5.69 Å². The average molecular weight is 281 g/mol. The summed E-state index contributed by atoms with van der Waals surface area (Å²) in [5.74, 6) is 0.671. The van der Waals surface area contributed by atoms with Crippen molar-refractivity contribution < 1.29 is 0 Å². The highest BCUT2D eigenvalue weighted by molar-refractivity contribution is 7.11. The van der Waals surface area contributed by atoms with E-state index in [9.17, 15) is 0 Å². The molecule has 0 aliphatic rings. The average Bonchev–Trinajstić information content (AvgIpc) is 2.68. The van der Waals surface area contributed by atoms with Crippen molar-refractivity contribution >= 4 is 28.6 Å². The van der Waals surface area contributed by atoms with Gasteiger partial charge in [0.05, 0.1) is 12.2 Å². The summed E-state index contributed by atoms with van der Waals surface area (Å²) in [5.41, 5.74) is 3.53. The van der Waals surface area contributed by atoms with Gasteiger partial charge in [-0.2, -0.15) is 0 Å². The van der Waals surface area contributed by atoms with Gasteiger partial charge in [-0.25, -0.2) is 4.98 Å². The number of aryl methyl sites for hydroxylation is 3. The van der Waals surface area contributed by atoms with Crippen LogP contribution in [-0.2, 0) is 13.0 Å². The molecule has 2 nitrogen and oxygen atoms in total. The van der Waals surface area contributed by atoms with E-state index in [-0.39, 0.29) is 0 Å². The lowest BCUT2D eigenvalue weighted by Crippen LogP contribution is -1.99. The van der Waals surface area contributed by atoms with Gasteiger partial charge in [-0.15, -0.1) is 22.9 Å². The van der Waals surface area contributed by atoms with Crippen LogP contribution in [0.25, 0.3) is 0 Å². The molecule has 0 bridgehead atoms. The molecule has 0 saturated heterocycles. The fraction of sp³-hybridized carbons (Fsp3) is 0.357. The van der Waals surface area contributed by atoms with Crippen LogP contribution in [0.5, 0.6) is 0 Å². The summed E-state index contributed by atoms with van der Waals surface area (Å²) < 4.78 is 0. The minimum absolute atomic E-state index is 0.671. The van der Waals surface area contributed by atoms with Gasteiger partial charge in [0.1, 0.15) is 5.01 Å². The molecule has 0 atom stereocenters. The summed E-state index contributed by atoms with van der Waals surface area (Å²) in [6.07, 6.45) is 0.923. The van der Waals surface area contributed by atoms with Crippen LogP contribution in [0, 0.1) is 13.8 Å². The minimum Gasteiger partial charge on any atom is -0.379 e. The number of nitrogens with one attached hydrogen (secondary N) is 1. The number of alkyl halides is 1. The second-order valence-corrected chi connectivity index (χ2v) is 5.90. The normalized spacial score (nSPS) is 10.6. The van der Waals surface area contributed by atoms with E-state index in [0.29, 0.717) is 5.88 Å². The third kappa shape index (κ3) is 3.47. The van der Waals surface area contributed by atoms with Gasteiger partial charge in [0.25, 0.3) is 0 Å². The molecule has 0 unspecified atom stereocenters. The van der Waals surface area contributed by atoms with Gasteiger partial charge in [0, 0.05) is 16.4 Å². The van der Waals surface area contributed by atoms with Crippen molar-refractivity contribution in [2.24, 2.45) is 0 Å².